The minimum Gasteiger partial charge on any atom is -0.465 e. The minimum atomic E-state index is -3.55. The van der Waals surface area contributed by atoms with Crippen LogP contribution in [0.2, 0.25) is 5.02 Å². The predicted molar refractivity (Wildman–Crippen MR) is 201 cm³/mol. The Kier molecular flexibility index (Phi) is 19.8. The lowest BCUT2D eigenvalue weighted by Gasteiger charge is -2.07. The first-order valence-corrected chi connectivity index (χ1v) is 24.2. The third-order valence-corrected chi connectivity index (χ3v) is 19.9. The second-order valence-corrected chi connectivity index (χ2v) is 26.7. The SMILES string of the molecule is COC(=O)c1ccc(-c2cccc(Br)c2)c(Cl)c1.Cc1ccc(S(=O)(=O)Cl)cc1.Cc1cccnc1Br.PPP(P)P. The van der Waals surface area contributed by atoms with Crippen molar-refractivity contribution >= 4 is 111 Å². The normalized spacial score (nSPS) is 10.5. The molecule has 0 aliphatic carbocycles. The summed E-state index contributed by atoms with van der Waals surface area (Å²) >= 11 is 12.9. The van der Waals surface area contributed by atoms with Gasteiger partial charge in [0, 0.05) is 31.9 Å². The summed E-state index contributed by atoms with van der Waals surface area (Å²) < 4.78 is 28.0. The molecule has 0 bridgehead atoms. The van der Waals surface area contributed by atoms with Crippen molar-refractivity contribution in [2.75, 3.05) is 7.11 Å². The Morgan fingerprint density at radius 3 is 2.02 bits per heavy atom. The number of rotatable bonds is 4. The first-order valence-electron chi connectivity index (χ1n) is 11.7. The number of carbonyl (C=O) groups excluding carboxylic acids is 1. The molecule has 42 heavy (non-hydrogen) atoms. The highest BCUT2D eigenvalue weighted by atomic mass is 79.9. The number of esters is 1. The van der Waals surface area contributed by atoms with Crippen molar-refractivity contribution in [2.45, 2.75) is 18.7 Å². The fraction of sp³-hybridized carbons (Fsp3) is 0.111. The van der Waals surface area contributed by atoms with Crippen LogP contribution in [0.1, 0.15) is 21.5 Å². The van der Waals surface area contributed by atoms with Crippen molar-refractivity contribution < 1.29 is 17.9 Å². The van der Waals surface area contributed by atoms with Crippen LogP contribution in [0.4, 0.5) is 0 Å². The molecule has 15 heteroatoms. The number of halogens is 4. The molecule has 0 amide bonds. The molecular formula is C27H30Br2Cl2NO4P5S. The lowest BCUT2D eigenvalue weighted by Crippen LogP contribution is -2.00. The highest BCUT2D eigenvalue weighted by molar-refractivity contribution is 9.10. The molecule has 4 atom stereocenters. The minimum absolute atomic E-state index is 0.143. The van der Waals surface area contributed by atoms with Gasteiger partial charge in [0.2, 0.25) is 0 Å². The molecule has 1 heterocycles. The molecule has 4 rings (SSSR count). The van der Waals surface area contributed by atoms with E-state index in [0.717, 1.165) is 33.7 Å². The first kappa shape index (κ1) is 39.9. The monoisotopic (exact) mass is 847 g/mol. The summed E-state index contributed by atoms with van der Waals surface area (Å²) in [6.07, 6.45) is 1.76. The van der Waals surface area contributed by atoms with Gasteiger partial charge in [-0.2, -0.15) is 0 Å². The summed E-state index contributed by atoms with van der Waals surface area (Å²) in [5, 5.41) is 0.524. The number of aryl methyl sites for hydroxylation is 2. The van der Waals surface area contributed by atoms with Gasteiger partial charge in [0.05, 0.1) is 17.6 Å². The van der Waals surface area contributed by atoms with Gasteiger partial charge in [-0.05, 0) is 90.4 Å². The Morgan fingerprint density at radius 2 is 1.60 bits per heavy atom. The Balaban J connectivity index is 0.000000313. The van der Waals surface area contributed by atoms with Crippen molar-refractivity contribution in [2.24, 2.45) is 0 Å². The van der Waals surface area contributed by atoms with E-state index in [-0.39, 0.29) is 11.9 Å². The number of hydrogen-bond donors (Lipinski definition) is 0. The van der Waals surface area contributed by atoms with Crippen molar-refractivity contribution in [1.82, 2.24) is 4.98 Å². The zero-order chi connectivity index (χ0) is 31.9. The third-order valence-electron chi connectivity index (χ3n) is 4.92. The van der Waals surface area contributed by atoms with E-state index in [1.54, 1.807) is 30.5 Å². The van der Waals surface area contributed by atoms with E-state index in [1.807, 2.05) is 56.3 Å². The molecule has 5 nitrogen and oxygen atoms in total. The molecular weight excluding hydrogens is 820 g/mol. The van der Waals surface area contributed by atoms with Crippen LogP contribution in [0.3, 0.4) is 0 Å². The summed E-state index contributed by atoms with van der Waals surface area (Å²) in [7, 11) is 12.1. The van der Waals surface area contributed by atoms with Crippen LogP contribution < -0.4 is 0 Å². The molecule has 0 saturated heterocycles. The van der Waals surface area contributed by atoms with E-state index in [9.17, 15) is 13.2 Å². The second-order valence-electron chi connectivity index (χ2n) is 8.09. The fourth-order valence-corrected chi connectivity index (χ4v) is 4.53. The maximum atomic E-state index is 11.4. The number of nitrogens with zero attached hydrogens (tertiary/aromatic N) is 1. The van der Waals surface area contributed by atoms with Crippen LogP contribution >= 0.6 is 95.9 Å². The van der Waals surface area contributed by atoms with Gasteiger partial charge < -0.3 is 4.74 Å². The summed E-state index contributed by atoms with van der Waals surface area (Å²) in [5.74, 6) is -0.391. The van der Waals surface area contributed by atoms with E-state index in [0.29, 0.717) is 10.6 Å². The molecule has 0 aliphatic rings. The van der Waals surface area contributed by atoms with Crippen molar-refractivity contribution in [3.8, 4) is 11.1 Å². The predicted octanol–water partition coefficient (Wildman–Crippen LogP) is 11.1. The van der Waals surface area contributed by atoms with E-state index in [2.05, 4.69) is 68.4 Å². The second kappa shape index (κ2) is 20.9. The molecule has 1 aromatic heterocycles. The smallest absolute Gasteiger partial charge is 0.337 e. The molecule has 0 spiro atoms. The molecule has 0 saturated carbocycles. The van der Waals surface area contributed by atoms with Gasteiger partial charge in [-0.3, -0.25) is 0 Å². The van der Waals surface area contributed by atoms with Gasteiger partial charge in [-0.1, -0.05) is 77.5 Å². The van der Waals surface area contributed by atoms with Crippen LogP contribution in [-0.2, 0) is 13.8 Å². The van der Waals surface area contributed by atoms with Gasteiger partial charge in [-0.15, -0.1) is 26.8 Å². The number of pyridine rings is 1. The molecule has 3 aromatic carbocycles. The average Bonchev–Trinajstić information content (AvgIpc) is 2.95. The number of ether oxygens (including phenoxy) is 1. The van der Waals surface area contributed by atoms with Crippen LogP contribution in [0, 0.1) is 13.8 Å². The standard InChI is InChI=1S/C14H10BrClO2.C7H7ClO2S.C6H6BrN.H7P5/c1-18-14(17)10-5-6-12(13(16)8-10)9-3-2-4-11(15)7-9;1-6-2-4-7(5-3-6)11(8,9)10;1-5-3-2-4-8-6(5)7;1-4-5(2)3/h2-8H,1H3;2-5H,1H3;2-4H,1H3;4H,1-3H2. The first-order chi connectivity index (χ1) is 19.7. The Hall–Kier alpha value is -0.0800. The summed E-state index contributed by atoms with van der Waals surface area (Å²) in [4.78, 5) is 15.5. The van der Waals surface area contributed by atoms with Crippen molar-refractivity contribution in [3.05, 3.63) is 116 Å². The number of benzene rings is 3. The topological polar surface area (TPSA) is 73.3 Å². The van der Waals surface area contributed by atoms with E-state index in [1.165, 1.54) is 24.8 Å². The molecule has 0 radical (unpaired) electrons. The molecule has 4 unspecified atom stereocenters. The lowest BCUT2D eigenvalue weighted by atomic mass is 10.0. The summed E-state index contributed by atoms with van der Waals surface area (Å²) in [6, 6.07) is 23.2. The number of aromatic nitrogens is 1. The quantitative estimate of drug-likeness (QED) is 0.0885. The maximum absolute atomic E-state index is 11.4. The van der Waals surface area contributed by atoms with Crippen LogP contribution in [0.15, 0.2) is 99.0 Å². The van der Waals surface area contributed by atoms with Crippen LogP contribution in [0.25, 0.3) is 11.1 Å². The van der Waals surface area contributed by atoms with E-state index < -0.39 is 15.0 Å². The van der Waals surface area contributed by atoms with Crippen molar-refractivity contribution in [1.29, 1.82) is 0 Å². The zero-order valence-electron chi connectivity index (χ0n) is 22.8. The zero-order valence-corrected chi connectivity index (χ0v) is 33.6. The molecule has 0 N–H and O–H groups in total. The van der Waals surface area contributed by atoms with Gasteiger partial charge in [0.1, 0.15) is 4.60 Å². The van der Waals surface area contributed by atoms with Gasteiger partial charge in [-0.25, -0.2) is 18.2 Å². The van der Waals surface area contributed by atoms with E-state index in [4.69, 9.17) is 22.3 Å². The molecule has 0 fully saturated rings. The van der Waals surface area contributed by atoms with Crippen LogP contribution in [0.5, 0.6) is 0 Å². The van der Waals surface area contributed by atoms with E-state index >= 15 is 0 Å². The Bertz CT molecular complexity index is 1530. The number of carbonyl (C=O) groups is 1. The lowest BCUT2D eigenvalue weighted by molar-refractivity contribution is 0.0600. The number of methoxy groups -OCH3 is 1. The maximum Gasteiger partial charge on any atom is 0.337 e. The number of hydrogen-bond acceptors (Lipinski definition) is 5. The van der Waals surface area contributed by atoms with Crippen molar-refractivity contribution in [3.63, 3.8) is 0 Å². The third kappa shape index (κ3) is 15.8. The highest BCUT2D eigenvalue weighted by Crippen LogP contribution is 2.71. The Labute approximate surface area is 284 Å². The van der Waals surface area contributed by atoms with Gasteiger partial charge in [0.25, 0.3) is 9.05 Å². The average molecular weight is 850 g/mol. The molecule has 4 aromatic rings. The summed E-state index contributed by atoms with van der Waals surface area (Å²) in [6.45, 7) is 4.12. The van der Waals surface area contributed by atoms with Gasteiger partial charge in [0.15, 0.2) is 0 Å². The molecule has 0 aliphatic heterocycles. The van der Waals surface area contributed by atoms with Crippen LogP contribution in [-0.4, -0.2) is 26.5 Å². The van der Waals surface area contributed by atoms with Gasteiger partial charge >= 0.3 is 5.97 Å². The summed E-state index contributed by atoms with van der Waals surface area (Å²) in [5.41, 5.74) is 4.50. The fourth-order valence-electron chi connectivity index (χ4n) is 2.82. The molecule has 226 valence electrons. The highest BCUT2D eigenvalue weighted by Gasteiger charge is 2.10. The largest absolute Gasteiger partial charge is 0.465 e. The Morgan fingerprint density at radius 1 is 0.976 bits per heavy atom.